The Balaban J connectivity index is 2.47. The molecule has 27 heavy (non-hydrogen) atoms. The maximum atomic E-state index is 14.0. The zero-order valence-corrected chi connectivity index (χ0v) is 17.4. The molecule has 6 nitrogen and oxygen atoms in total. The molecule has 0 aromatic heterocycles. The topological polar surface area (TPSA) is 83.6 Å². The van der Waals surface area contributed by atoms with E-state index in [1.54, 1.807) is 20.8 Å². The molecule has 0 amide bonds. The number of hydrogen-bond donors (Lipinski definition) is 1. The summed E-state index contributed by atoms with van der Waals surface area (Å²) in [6.07, 6.45) is 0. The monoisotopic (exact) mass is 434 g/mol. The molecule has 0 unspecified atom stereocenters. The highest BCUT2D eigenvalue weighted by molar-refractivity contribution is 7.92. The minimum Gasteiger partial charge on any atom is -0.279 e. The second kappa shape index (κ2) is 8.14. The Bertz CT molecular complexity index is 1050. The minimum absolute atomic E-state index is 0.0111. The van der Waals surface area contributed by atoms with Crippen LogP contribution in [0.1, 0.15) is 19.4 Å². The molecule has 148 valence electrons. The second-order valence-corrected chi connectivity index (χ2v) is 9.74. The largest absolute Gasteiger partial charge is 0.279 e. The van der Waals surface area contributed by atoms with E-state index in [2.05, 4.69) is 4.72 Å². The van der Waals surface area contributed by atoms with Crippen LogP contribution in [0.3, 0.4) is 0 Å². The van der Waals surface area contributed by atoms with E-state index >= 15 is 0 Å². The SMILES string of the molecule is CCN(CC)S(=O)(=O)c1cc(NS(=O)(=O)c2ccc(Cl)cc2F)ccc1C. The number of nitrogens with one attached hydrogen (secondary N) is 1. The molecule has 0 heterocycles. The first-order valence-corrected chi connectivity index (χ1v) is 11.4. The molecule has 2 rings (SSSR count). The van der Waals surface area contributed by atoms with Crippen LogP contribution in [0.5, 0.6) is 0 Å². The third-order valence-electron chi connectivity index (χ3n) is 3.95. The highest BCUT2D eigenvalue weighted by atomic mass is 35.5. The normalized spacial score (nSPS) is 12.4. The van der Waals surface area contributed by atoms with E-state index in [0.29, 0.717) is 5.56 Å². The average molecular weight is 435 g/mol. The molecule has 1 N–H and O–H groups in total. The van der Waals surface area contributed by atoms with E-state index in [4.69, 9.17) is 11.6 Å². The summed E-state index contributed by atoms with van der Waals surface area (Å²) in [5.41, 5.74) is 0.489. The summed E-state index contributed by atoms with van der Waals surface area (Å²) in [6, 6.07) is 7.33. The van der Waals surface area contributed by atoms with Crippen LogP contribution in [0.25, 0.3) is 0 Å². The number of rotatable bonds is 7. The number of aryl methyl sites for hydroxylation is 1. The Labute approximate surface area is 164 Å². The lowest BCUT2D eigenvalue weighted by atomic mass is 10.2. The zero-order valence-electron chi connectivity index (χ0n) is 15.0. The highest BCUT2D eigenvalue weighted by Crippen LogP contribution is 2.26. The lowest BCUT2D eigenvalue weighted by Crippen LogP contribution is -2.31. The van der Waals surface area contributed by atoms with Crippen LogP contribution in [-0.2, 0) is 20.0 Å². The van der Waals surface area contributed by atoms with Crippen molar-refractivity contribution in [1.29, 1.82) is 0 Å². The molecular formula is C17H20ClFN2O4S2. The van der Waals surface area contributed by atoms with Gasteiger partial charge < -0.3 is 0 Å². The van der Waals surface area contributed by atoms with Gasteiger partial charge in [-0.15, -0.1) is 0 Å². The summed E-state index contributed by atoms with van der Waals surface area (Å²) in [6.45, 7) is 5.61. The second-order valence-electron chi connectivity index (χ2n) is 5.75. The maximum Gasteiger partial charge on any atom is 0.264 e. The summed E-state index contributed by atoms with van der Waals surface area (Å²) in [5.74, 6) is -1.00. The van der Waals surface area contributed by atoms with Crippen molar-refractivity contribution in [3.8, 4) is 0 Å². The van der Waals surface area contributed by atoms with E-state index in [1.807, 2.05) is 0 Å². The van der Waals surface area contributed by atoms with Gasteiger partial charge in [0.25, 0.3) is 10.0 Å². The first-order valence-electron chi connectivity index (χ1n) is 8.11. The number of halogens is 2. The van der Waals surface area contributed by atoms with Crippen molar-refractivity contribution in [2.75, 3.05) is 17.8 Å². The van der Waals surface area contributed by atoms with Gasteiger partial charge in [0.05, 0.1) is 10.6 Å². The van der Waals surface area contributed by atoms with E-state index in [9.17, 15) is 21.2 Å². The van der Waals surface area contributed by atoms with Crippen molar-refractivity contribution < 1.29 is 21.2 Å². The van der Waals surface area contributed by atoms with Crippen molar-refractivity contribution >= 4 is 37.3 Å². The molecule has 0 fully saturated rings. The van der Waals surface area contributed by atoms with Gasteiger partial charge in [-0.1, -0.05) is 31.5 Å². The average Bonchev–Trinajstić information content (AvgIpc) is 2.56. The van der Waals surface area contributed by atoms with Crippen molar-refractivity contribution in [1.82, 2.24) is 4.31 Å². The molecule has 2 aromatic carbocycles. The Hall–Kier alpha value is -1.68. The van der Waals surface area contributed by atoms with Crippen LogP contribution >= 0.6 is 11.6 Å². The fraction of sp³-hybridized carbons (Fsp3) is 0.294. The van der Waals surface area contributed by atoms with Crippen LogP contribution in [0, 0.1) is 12.7 Å². The van der Waals surface area contributed by atoms with Crippen molar-refractivity contribution in [3.05, 3.63) is 52.8 Å². The fourth-order valence-corrected chi connectivity index (χ4v) is 5.53. The third-order valence-corrected chi connectivity index (χ3v) is 7.79. The highest BCUT2D eigenvalue weighted by Gasteiger charge is 2.25. The summed E-state index contributed by atoms with van der Waals surface area (Å²) < 4.78 is 67.9. The van der Waals surface area contributed by atoms with Gasteiger partial charge in [-0.3, -0.25) is 4.72 Å². The number of sulfonamides is 2. The van der Waals surface area contributed by atoms with Gasteiger partial charge >= 0.3 is 0 Å². The molecule has 2 aromatic rings. The minimum atomic E-state index is -4.26. The molecule has 0 spiro atoms. The molecule has 0 bridgehead atoms. The van der Waals surface area contributed by atoms with Crippen molar-refractivity contribution in [2.24, 2.45) is 0 Å². The lowest BCUT2D eigenvalue weighted by molar-refractivity contribution is 0.445. The Morgan fingerprint density at radius 3 is 2.19 bits per heavy atom. The molecular weight excluding hydrogens is 415 g/mol. The van der Waals surface area contributed by atoms with Gasteiger partial charge in [0, 0.05) is 18.1 Å². The summed E-state index contributed by atoms with van der Waals surface area (Å²) in [4.78, 5) is -0.594. The van der Waals surface area contributed by atoms with Crippen LogP contribution in [-0.4, -0.2) is 34.2 Å². The lowest BCUT2D eigenvalue weighted by Gasteiger charge is -2.20. The number of nitrogens with zero attached hydrogens (tertiary/aromatic N) is 1. The Kier molecular flexibility index (Phi) is 6.51. The first-order chi connectivity index (χ1) is 12.5. The third kappa shape index (κ3) is 4.60. The van der Waals surface area contributed by atoms with Gasteiger partial charge in [0.2, 0.25) is 10.0 Å². The van der Waals surface area contributed by atoms with Gasteiger partial charge in [-0.05, 0) is 42.8 Å². The van der Waals surface area contributed by atoms with E-state index in [-0.39, 0.29) is 28.7 Å². The summed E-state index contributed by atoms with van der Waals surface area (Å²) in [7, 11) is -8.04. The number of hydrogen-bond acceptors (Lipinski definition) is 4. The number of benzene rings is 2. The summed E-state index contributed by atoms with van der Waals surface area (Å²) >= 11 is 5.65. The Morgan fingerprint density at radius 1 is 1.00 bits per heavy atom. The predicted molar refractivity (Wildman–Crippen MR) is 104 cm³/mol. The molecule has 0 aliphatic carbocycles. The fourth-order valence-electron chi connectivity index (χ4n) is 2.55. The molecule has 0 saturated carbocycles. The maximum absolute atomic E-state index is 14.0. The molecule has 0 saturated heterocycles. The molecule has 0 aliphatic rings. The molecule has 0 aliphatic heterocycles. The van der Waals surface area contributed by atoms with E-state index in [1.165, 1.54) is 28.6 Å². The van der Waals surface area contributed by atoms with Crippen molar-refractivity contribution in [3.63, 3.8) is 0 Å². The first kappa shape index (κ1) is 21.6. The van der Waals surface area contributed by atoms with Crippen LogP contribution < -0.4 is 4.72 Å². The standard InChI is InChI=1S/C17H20ClFN2O4S2/c1-4-21(5-2)27(24,25)17-11-14(8-6-12(17)3)20-26(22,23)16-9-7-13(18)10-15(16)19/h6-11,20H,4-5H2,1-3H3. The number of anilines is 1. The Morgan fingerprint density at radius 2 is 1.63 bits per heavy atom. The van der Waals surface area contributed by atoms with E-state index < -0.39 is 30.8 Å². The van der Waals surface area contributed by atoms with Crippen LogP contribution in [0.15, 0.2) is 46.2 Å². The van der Waals surface area contributed by atoms with Crippen LogP contribution in [0.2, 0.25) is 5.02 Å². The zero-order chi connectivity index (χ0) is 20.4. The van der Waals surface area contributed by atoms with Gasteiger partial charge in [-0.25, -0.2) is 21.2 Å². The molecule has 0 atom stereocenters. The van der Waals surface area contributed by atoms with E-state index in [0.717, 1.165) is 12.1 Å². The van der Waals surface area contributed by atoms with Gasteiger partial charge in [0.1, 0.15) is 10.7 Å². The predicted octanol–water partition coefficient (Wildman–Crippen LogP) is 3.62. The van der Waals surface area contributed by atoms with Gasteiger partial charge in [0.15, 0.2) is 0 Å². The smallest absolute Gasteiger partial charge is 0.264 e. The van der Waals surface area contributed by atoms with Crippen molar-refractivity contribution in [2.45, 2.75) is 30.6 Å². The summed E-state index contributed by atoms with van der Waals surface area (Å²) in [5, 5.41) is 0.0642. The van der Waals surface area contributed by atoms with Crippen LogP contribution in [0.4, 0.5) is 10.1 Å². The quantitative estimate of drug-likeness (QED) is 0.721. The van der Waals surface area contributed by atoms with Gasteiger partial charge in [-0.2, -0.15) is 4.31 Å². The molecule has 0 radical (unpaired) electrons. The molecule has 10 heteroatoms.